The van der Waals surface area contributed by atoms with Gasteiger partial charge in [-0.05, 0) is 49.9 Å². The van der Waals surface area contributed by atoms with E-state index < -0.39 is 17.6 Å². The van der Waals surface area contributed by atoms with Crippen LogP contribution in [0.1, 0.15) is 40.7 Å². The molecular formula is C23H21F4N3O. The Hall–Kier alpha value is -3.16. The van der Waals surface area contributed by atoms with Gasteiger partial charge in [0.1, 0.15) is 11.6 Å². The van der Waals surface area contributed by atoms with E-state index in [1.807, 2.05) is 17.9 Å². The minimum absolute atomic E-state index is 0.0548. The van der Waals surface area contributed by atoms with E-state index in [9.17, 15) is 22.4 Å². The van der Waals surface area contributed by atoms with Crippen molar-refractivity contribution in [2.24, 2.45) is 0 Å². The molecule has 0 saturated carbocycles. The third-order valence-electron chi connectivity index (χ3n) is 5.53. The number of aromatic nitrogens is 1. The number of benzene rings is 2. The molecule has 1 fully saturated rings. The molecule has 1 aliphatic rings. The van der Waals surface area contributed by atoms with Crippen LogP contribution in [0.5, 0.6) is 0 Å². The first-order valence-electron chi connectivity index (χ1n) is 10.1. The van der Waals surface area contributed by atoms with Crippen LogP contribution in [0.3, 0.4) is 0 Å². The number of fused-ring (bicyclic) bond motifs is 1. The molecule has 0 radical (unpaired) electrons. The van der Waals surface area contributed by atoms with Gasteiger partial charge in [0.05, 0.1) is 11.1 Å². The summed E-state index contributed by atoms with van der Waals surface area (Å²) in [5.41, 5.74) is 0.0306. The third-order valence-corrected chi connectivity index (χ3v) is 5.53. The van der Waals surface area contributed by atoms with Gasteiger partial charge in [-0.2, -0.15) is 13.2 Å². The van der Waals surface area contributed by atoms with Crippen LogP contribution < -0.4 is 5.32 Å². The zero-order valence-electron chi connectivity index (χ0n) is 16.9. The lowest BCUT2D eigenvalue weighted by atomic mass is 10.00. The Kier molecular flexibility index (Phi) is 5.56. The van der Waals surface area contributed by atoms with Crippen LogP contribution in [-0.4, -0.2) is 28.9 Å². The van der Waals surface area contributed by atoms with Crippen LogP contribution in [0.4, 0.5) is 29.1 Å². The summed E-state index contributed by atoms with van der Waals surface area (Å²) in [7, 11) is 0. The molecule has 2 aromatic carbocycles. The molecule has 8 heteroatoms. The smallest absolute Gasteiger partial charge is 0.340 e. The molecule has 1 N–H and O–H groups in total. The predicted octanol–water partition coefficient (Wildman–Crippen LogP) is 6.07. The zero-order chi connectivity index (χ0) is 22.2. The van der Waals surface area contributed by atoms with Crippen molar-refractivity contribution in [3.05, 3.63) is 65.1 Å². The Morgan fingerprint density at radius 3 is 2.55 bits per heavy atom. The summed E-state index contributed by atoms with van der Waals surface area (Å²) < 4.78 is 52.8. The van der Waals surface area contributed by atoms with Crippen molar-refractivity contribution in [2.75, 3.05) is 18.4 Å². The van der Waals surface area contributed by atoms with Crippen LogP contribution >= 0.6 is 0 Å². The van der Waals surface area contributed by atoms with Crippen molar-refractivity contribution >= 4 is 28.2 Å². The van der Waals surface area contributed by atoms with Crippen LogP contribution in [0.15, 0.2) is 42.6 Å². The second kappa shape index (κ2) is 8.17. The van der Waals surface area contributed by atoms with Gasteiger partial charge in [0, 0.05) is 35.7 Å². The Morgan fingerprint density at radius 2 is 1.84 bits per heavy atom. The van der Waals surface area contributed by atoms with Gasteiger partial charge in [0.25, 0.3) is 5.91 Å². The number of anilines is 2. The fourth-order valence-corrected chi connectivity index (χ4v) is 3.97. The van der Waals surface area contributed by atoms with Crippen LogP contribution in [-0.2, 0) is 6.18 Å². The van der Waals surface area contributed by atoms with Crippen LogP contribution in [0, 0.1) is 12.7 Å². The number of carbonyl (C=O) groups excluding carboxylic acids is 1. The van der Waals surface area contributed by atoms with Gasteiger partial charge in [-0.3, -0.25) is 4.79 Å². The molecule has 1 aromatic heterocycles. The third kappa shape index (κ3) is 4.19. The number of carbonyl (C=O) groups is 1. The van der Waals surface area contributed by atoms with E-state index in [2.05, 4.69) is 10.3 Å². The SMILES string of the molecule is Cc1cccc2c(Nc3ccc(F)c(C(F)(F)F)c3)ncc(C(=O)N3CCCCC3)c12. The van der Waals surface area contributed by atoms with Gasteiger partial charge in [0.15, 0.2) is 0 Å². The van der Waals surface area contributed by atoms with E-state index in [0.29, 0.717) is 41.3 Å². The molecule has 0 bridgehead atoms. The number of hydrogen-bond acceptors (Lipinski definition) is 3. The fraction of sp³-hybridized carbons (Fsp3) is 0.304. The molecule has 4 nitrogen and oxygen atoms in total. The predicted molar refractivity (Wildman–Crippen MR) is 111 cm³/mol. The molecule has 1 amide bonds. The Bertz CT molecular complexity index is 1140. The van der Waals surface area contributed by atoms with Crippen LogP contribution in [0.25, 0.3) is 10.8 Å². The molecule has 162 valence electrons. The zero-order valence-corrected chi connectivity index (χ0v) is 16.9. The number of pyridine rings is 1. The van der Waals surface area contributed by atoms with Crippen molar-refractivity contribution in [3.8, 4) is 0 Å². The van der Waals surface area contributed by atoms with E-state index in [1.54, 1.807) is 12.1 Å². The van der Waals surface area contributed by atoms with E-state index in [4.69, 9.17) is 0 Å². The Morgan fingerprint density at radius 1 is 1.10 bits per heavy atom. The van der Waals surface area contributed by atoms with Gasteiger partial charge in [-0.25, -0.2) is 9.37 Å². The summed E-state index contributed by atoms with van der Waals surface area (Å²) in [5.74, 6) is -1.14. The van der Waals surface area contributed by atoms with E-state index in [-0.39, 0.29) is 11.6 Å². The summed E-state index contributed by atoms with van der Waals surface area (Å²) in [6, 6.07) is 8.14. The number of likely N-dealkylation sites (tertiary alicyclic amines) is 1. The number of alkyl halides is 3. The largest absolute Gasteiger partial charge is 0.419 e. The van der Waals surface area contributed by atoms with Gasteiger partial charge >= 0.3 is 6.18 Å². The molecular weight excluding hydrogens is 410 g/mol. The molecule has 31 heavy (non-hydrogen) atoms. The van der Waals surface area contributed by atoms with Gasteiger partial charge in [-0.1, -0.05) is 18.2 Å². The number of hydrogen-bond donors (Lipinski definition) is 1. The lowest BCUT2D eigenvalue weighted by Gasteiger charge is -2.27. The quantitative estimate of drug-likeness (QED) is 0.512. The highest BCUT2D eigenvalue weighted by Gasteiger charge is 2.34. The topological polar surface area (TPSA) is 45.2 Å². The highest BCUT2D eigenvalue weighted by Crippen LogP contribution is 2.35. The first-order chi connectivity index (χ1) is 14.8. The standard InChI is InChI=1S/C23H21F4N3O/c1-14-6-5-7-16-20(14)17(22(31)30-10-3-2-4-11-30)13-28-21(16)29-15-8-9-19(24)18(12-15)23(25,26)27/h5-9,12-13H,2-4,10-11H2,1H3,(H,28,29). The number of nitrogens with one attached hydrogen (secondary N) is 1. The summed E-state index contributed by atoms with van der Waals surface area (Å²) in [6.07, 6.45) is -0.326. The second-order valence-corrected chi connectivity index (χ2v) is 7.69. The number of halogens is 4. The summed E-state index contributed by atoms with van der Waals surface area (Å²) >= 11 is 0. The number of aryl methyl sites for hydroxylation is 1. The minimum Gasteiger partial charge on any atom is -0.340 e. The molecule has 4 rings (SSSR count). The lowest BCUT2D eigenvalue weighted by Crippen LogP contribution is -2.35. The van der Waals surface area contributed by atoms with Gasteiger partial charge in [0.2, 0.25) is 0 Å². The number of piperidine rings is 1. The van der Waals surface area contributed by atoms with Crippen molar-refractivity contribution in [2.45, 2.75) is 32.4 Å². The second-order valence-electron chi connectivity index (χ2n) is 7.69. The van der Waals surface area contributed by atoms with Crippen molar-refractivity contribution in [1.29, 1.82) is 0 Å². The summed E-state index contributed by atoms with van der Waals surface area (Å²) in [4.78, 5) is 19.3. The maximum absolute atomic E-state index is 13.6. The number of rotatable bonds is 3. The van der Waals surface area contributed by atoms with Crippen molar-refractivity contribution in [3.63, 3.8) is 0 Å². The molecule has 0 unspecified atom stereocenters. The van der Waals surface area contributed by atoms with Gasteiger partial charge in [-0.15, -0.1) is 0 Å². The molecule has 0 aliphatic carbocycles. The Balaban J connectivity index is 1.76. The van der Waals surface area contributed by atoms with E-state index in [1.165, 1.54) is 12.3 Å². The first kappa shape index (κ1) is 21.1. The van der Waals surface area contributed by atoms with Crippen molar-refractivity contribution in [1.82, 2.24) is 9.88 Å². The molecule has 2 heterocycles. The fourth-order valence-electron chi connectivity index (χ4n) is 3.97. The van der Waals surface area contributed by atoms with Crippen molar-refractivity contribution < 1.29 is 22.4 Å². The number of nitrogens with zero attached hydrogens (tertiary/aromatic N) is 2. The van der Waals surface area contributed by atoms with Crippen LogP contribution in [0.2, 0.25) is 0 Å². The lowest BCUT2D eigenvalue weighted by molar-refractivity contribution is -0.139. The highest BCUT2D eigenvalue weighted by atomic mass is 19.4. The maximum atomic E-state index is 13.6. The highest BCUT2D eigenvalue weighted by molar-refractivity contribution is 6.10. The normalized spacial score (nSPS) is 14.7. The monoisotopic (exact) mass is 431 g/mol. The summed E-state index contributed by atoms with van der Waals surface area (Å²) in [6.45, 7) is 3.27. The Labute approximate surface area is 176 Å². The first-order valence-corrected chi connectivity index (χ1v) is 10.1. The van der Waals surface area contributed by atoms with E-state index in [0.717, 1.165) is 30.9 Å². The molecule has 0 atom stereocenters. The minimum atomic E-state index is -4.81. The van der Waals surface area contributed by atoms with Gasteiger partial charge < -0.3 is 10.2 Å². The maximum Gasteiger partial charge on any atom is 0.419 e. The molecule has 1 saturated heterocycles. The molecule has 1 aliphatic heterocycles. The average molecular weight is 431 g/mol. The summed E-state index contributed by atoms with van der Waals surface area (Å²) in [5, 5.41) is 4.17. The molecule has 3 aromatic rings. The average Bonchev–Trinajstić information content (AvgIpc) is 2.75. The van der Waals surface area contributed by atoms with E-state index >= 15 is 0 Å². The molecule has 0 spiro atoms. The number of amides is 1.